The third-order valence-corrected chi connectivity index (χ3v) is 6.09. The monoisotopic (exact) mass is 487 g/mol. The van der Waals surface area contributed by atoms with E-state index < -0.39 is 11.7 Å². The van der Waals surface area contributed by atoms with Gasteiger partial charge in [-0.25, -0.2) is 9.97 Å². The van der Waals surface area contributed by atoms with Crippen molar-refractivity contribution in [1.29, 1.82) is 0 Å². The zero-order valence-electron chi connectivity index (χ0n) is 18.9. The minimum Gasteiger partial charge on any atom is -0.619 e. The van der Waals surface area contributed by atoms with Crippen molar-refractivity contribution in [2.75, 3.05) is 67.2 Å². The average Bonchev–Trinajstić information content (AvgIpc) is 2.89. The summed E-state index contributed by atoms with van der Waals surface area (Å²) in [6.45, 7) is 4.16. The van der Waals surface area contributed by atoms with E-state index in [0.29, 0.717) is 74.7 Å². The molecule has 0 N–H and O–H groups in total. The van der Waals surface area contributed by atoms with Gasteiger partial charge < -0.3 is 24.6 Å². The van der Waals surface area contributed by atoms with Crippen LogP contribution in [0, 0.1) is 5.21 Å². The van der Waals surface area contributed by atoms with Gasteiger partial charge in [-0.3, -0.25) is 0 Å². The summed E-state index contributed by atoms with van der Waals surface area (Å²) in [5.41, 5.74) is 0.716. The normalized spacial score (nSPS) is 17.1. The topological polar surface area (TPSA) is 84.6 Å². The lowest BCUT2D eigenvalue weighted by molar-refractivity contribution is -0.605. The van der Waals surface area contributed by atoms with Gasteiger partial charge >= 0.3 is 6.18 Å². The van der Waals surface area contributed by atoms with E-state index in [1.165, 1.54) is 24.7 Å². The van der Waals surface area contributed by atoms with Gasteiger partial charge in [-0.15, -0.1) is 0 Å². The summed E-state index contributed by atoms with van der Waals surface area (Å²) in [7, 11) is 0. The van der Waals surface area contributed by atoms with Gasteiger partial charge in [0, 0.05) is 69.2 Å². The van der Waals surface area contributed by atoms with Gasteiger partial charge in [0.15, 0.2) is 12.4 Å². The number of rotatable bonds is 4. The van der Waals surface area contributed by atoms with E-state index in [1.54, 1.807) is 17.0 Å². The molecule has 0 aliphatic carbocycles. The minimum absolute atomic E-state index is 0.0489. The number of ether oxygens (including phenoxy) is 1. The number of halogens is 3. The van der Waals surface area contributed by atoms with Crippen molar-refractivity contribution in [2.24, 2.45) is 0 Å². The van der Waals surface area contributed by atoms with E-state index in [1.807, 2.05) is 15.9 Å². The van der Waals surface area contributed by atoms with Gasteiger partial charge in [-0.2, -0.15) is 22.9 Å². The first-order valence-electron chi connectivity index (χ1n) is 11.3. The van der Waals surface area contributed by atoms with Crippen LogP contribution in [-0.2, 0) is 10.9 Å². The molecule has 5 heterocycles. The number of hydrogen-bond acceptors (Lipinski definition) is 8. The van der Waals surface area contributed by atoms with Crippen LogP contribution < -0.4 is 19.4 Å². The van der Waals surface area contributed by atoms with E-state index in [2.05, 4.69) is 4.98 Å². The summed E-state index contributed by atoms with van der Waals surface area (Å²) >= 11 is 0. The predicted octanol–water partition coefficient (Wildman–Crippen LogP) is 2.35. The molecule has 0 bridgehead atoms. The fourth-order valence-corrected chi connectivity index (χ4v) is 4.24. The molecule has 0 spiro atoms. The minimum atomic E-state index is -4.47. The van der Waals surface area contributed by atoms with Crippen LogP contribution in [-0.4, -0.2) is 67.4 Å². The van der Waals surface area contributed by atoms with Crippen LogP contribution in [0.5, 0.6) is 0 Å². The van der Waals surface area contributed by atoms with Gasteiger partial charge in [0.05, 0.1) is 24.5 Å². The second kappa shape index (κ2) is 9.53. The lowest BCUT2D eigenvalue weighted by Gasteiger charge is -2.37. The standard InChI is InChI=1S/C23H24F3N7O2/c24-23(25,26)18-2-1-5-27-21(18)31-10-8-30(9-11-31)20-16-19(17-3-6-33(34)7-4-17)28-22(29-20)32-12-14-35-15-13-32/h1-7,16H,8-15H2. The van der Waals surface area contributed by atoms with Crippen LogP contribution in [0.25, 0.3) is 11.3 Å². The van der Waals surface area contributed by atoms with Crippen LogP contribution >= 0.6 is 0 Å². The maximum Gasteiger partial charge on any atom is 0.419 e. The Balaban J connectivity index is 1.41. The van der Waals surface area contributed by atoms with Crippen LogP contribution in [0.3, 0.4) is 0 Å². The second-order valence-corrected chi connectivity index (χ2v) is 8.30. The maximum absolute atomic E-state index is 13.5. The lowest BCUT2D eigenvalue weighted by Crippen LogP contribution is -2.48. The van der Waals surface area contributed by atoms with Crippen molar-refractivity contribution in [2.45, 2.75) is 6.18 Å². The van der Waals surface area contributed by atoms with E-state index in [4.69, 9.17) is 14.7 Å². The Morgan fingerprint density at radius 1 is 0.886 bits per heavy atom. The molecule has 0 unspecified atom stereocenters. The molecule has 0 atom stereocenters. The summed E-state index contributed by atoms with van der Waals surface area (Å²) in [4.78, 5) is 19.3. The van der Waals surface area contributed by atoms with Crippen molar-refractivity contribution in [3.05, 3.63) is 59.7 Å². The number of alkyl halides is 3. The predicted molar refractivity (Wildman–Crippen MR) is 123 cm³/mol. The SMILES string of the molecule is [O-][n+]1ccc(-c2cc(N3CCN(c4ncccc4C(F)(F)F)CC3)nc(N3CCOCC3)n2)cc1. The number of hydrogen-bond donors (Lipinski definition) is 0. The molecule has 3 aromatic rings. The zero-order valence-corrected chi connectivity index (χ0v) is 18.9. The highest BCUT2D eigenvalue weighted by Crippen LogP contribution is 2.35. The Labute approximate surface area is 200 Å². The maximum atomic E-state index is 13.5. The van der Waals surface area contributed by atoms with Gasteiger partial charge in [0.25, 0.3) is 0 Å². The van der Waals surface area contributed by atoms with Crippen molar-refractivity contribution < 1.29 is 22.6 Å². The molecular weight excluding hydrogens is 463 g/mol. The van der Waals surface area contributed by atoms with Gasteiger partial charge in [0.1, 0.15) is 11.6 Å². The molecular formula is C23H24F3N7O2. The fraction of sp³-hybridized carbons (Fsp3) is 0.391. The van der Waals surface area contributed by atoms with Crippen LogP contribution in [0.4, 0.5) is 30.8 Å². The molecule has 0 radical (unpaired) electrons. The van der Waals surface area contributed by atoms with Crippen molar-refractivity contribution in [3.8, 4) is 11.3 Å². The van der Waals surface area contributed by atoms with E-state index in [-0.39, 0.29) is 5.82 Å². The Bertz CT molecular complexity index is 1160. The van der Waals surface area contributed by atoms with Crippen molar-refractivity contribution >= 4 is 17.6 Å². The van der Waals surface area contributed by atoms with Gasteiger partial charge in [-0.1, -0.05) is 0 Å². The first kappa shape index (κ1) is 23.1. The molecule has 0 aromatic carbocycles. The Morgan fingerprint density at radius 2 is 1.57 bits per heavy atom. The lowest BCUT2D eigenvalue weighted by atomic mass is 10.2. The molecule has 2 aliphatic heterocycles. The molecule has 0 saturated carbocycles. The van der Waals surface area contributed by atoms with E-state index in [9.17, 15) is 18.4 Å². The van der Waals surface area contributed by atoms with E-state index >= 15 is 0 Å². The largest absolute Gasteiger partial charge is 0.619 e. The summed E-state index contributed by atoms with van der Waals surface area (Å²) in [5.74, 6) is 1.20. The molecule has 35 heavy (non-hydrogen) atoms. The summed E-state index contributed by atoms with van der Waals surface area (Å²) < 4.78 is 46.6. The molecule has 0 amide bonds. The number of pyridine rings is 2. The summed E-state index contributed by atoms with van der Waals surface area (Å²) in [5, 5.41) is 11.5. The van der Waals surface area contributed by atoms with Crippen molar-refractivity contribution in [3.63, 3.8) is 0 Å². The highest BCUT2D eigenvalue weighted by molar-refractivity contribution is 5.65. The molecule has 2 fully saturated rings. The van der Waals surface area contributed by atoms with Crippen molar-refractivity contribution in [1.82, 2.24) is 15.0 Å². The van der Waals surface area contributed by atoms with Crippen LogP contribution in [0.15, 0.2) is 48.9 Å². The quantitative estimate of drug-likeness (QED) is 0.410. The molecule has 3 aromatic heterocycles. The van der Waals surface area contributed by atoms with Crippen LogP contribution in [0.2, 0.25) is 0 Å². The number of nitrogens with zero attached hydrogens (tertiary/aromatic N) is 7. The summed E-state index contributed by atoms with van der Waals surface area (Å²) in [6.07, 6.45) is -0.258. The van der Waals surface area contributed by atoms with Crippen LogP contribution in [0.1, 0.15) is 5.56 Å². The number of anilines is 3. The third kappa shape index (κ3) is 5.06. The molecule has 9 nitrogen and oxygen atoms in total. The number of morpholine rings is 1. The van der Waals surface area contributed by atoms with Gasteiger partial charge in [0.2, 0.25) is 5.95 Å². The Morgan fingerprint density at radius 3 is 2.26 bits per heavy atom. The molecule has 12 heteroatoms. The van der Waals surface area contributed by atoms with Gasteiger partial charge in [-0.05, 0) is 12.1 Å². The Kier molecular flexibility index (Phi) is 6.29. The smallest absolute Gasteiger partial charge is 0.419 e. The number of piperazine rings is 1. The first-order valence-corrected chi connectivity index (χ1v) is 11.3. The fourth-order valence-electron chi connectivity index (χ4n) is 4.24. The molecule has 184 valence electrons. The first-order chi connectivity index (χ1) is 16.9. The molecule has 2 saturated heterocycles. The van der Waals surface area contributed by atoms with E-state index in [0.717, 1.165) is 11.6 Å². The average molecular weight is 487 g/mol. The highest BCUT2D eigenvalue weighted by Gasteiger charge is 2.36. The molecule has 5 rings (SSSR count). The highest BCUT2D eigenvalue weighted by atomic mass is 19.4. The Hall–Kier alpha value is -3.67. The second-order valence-electron chi connectivity index (χ2n) is 8.30. The number of aromatic nitrogens is 4. The third-order valence-electron chi connectivity index (χ3n) is 6.09. The molecule has 2 aliphatic rings. The zero-order chi connectivity index (χ0) is 24.4. The summed E-state index contributed by atoms with van der Waals surface area (Å²) in [6, 6.07) is 7.60.